The minimum Gasteiger partial charge on any atom is -0.462 e. The molecule has 1 aliphatic heterocycles. The summed E-state index contributed by atoms with van der Waals surface area (Å²) in [6.45, 7) is 3.36. The van der Waals surface area contributed by atoms with Crippen LogP contribution in [0.4, 0.5) is 4.39 Å². The van der Waals surface area contributed by atoms with Crippen LogP contribution in [0.25, 0.3) is 22.3 Å². The Morgan fingerprint density at radius 1 is 0.951 bits per heavy atom. The monoisotopic (exact) mass is 553 g/mol. The Morgan fingerprint density at radius 3 is 2.24 bits per heavy atom. The molecule has 41 heavy (non-hydrogen) atoms. The van der Waals surface area contributed by atoms with Gasteiger partial charge in [0.1, 0.15) is 29.0 Å². The molecule has 11 heteroatoms. The second-order valence-electron chi connectivity index (χ2n) is 9.34. The Bertz CT molecular complexity index is 1970. The number of hydrogen-bond donors (Lipinski definition) is 1. The number of esters is 1. The molecule has 1 atom stereocenters. The second-order valence-corrected chi connectivity index (χ2v) is 9.34. The minimum atomic E-state index is -1.23. The van der Waals surface area contributed by atoms with Gasteiger partial charge in [-0.05, 0) is 62.4 Å². The molecule has 206 valence electrons. The van der Waals surface area contributed by atoms with Gasteiger partial charge in [-0.3, -0.25) is 9.59 Å². The maximum atomic E-state index is 14.0. The van der Waals surface area contributed by atoms with E-state index in [1.165, 1.54) is 35.0 Å². The zero-order chi connectivity index (χ0) is 28.8. The number of fused-ring (bicyclic) bond motifs is 2. The summed E-state index contributed by atoms with van der Waals surface area (Å²) in [5, 5.41) is 5.00. The zero-order valence-corrected chi connectivity index (χ0v) is 22.1. The lowest BCUT2D eigenvalue weighted by Crippen LogP contribution is -2.38. The Morgan fingerprint density at radius 2 is 1.59 bits per heavy atom. The van der Waals surface area contributed by atoms with E-state index in [4.69, 9.17) is 20.3 Å². The first-order valence-electron chi connectivity index (χ1n) is 12.8. The first kappa shape index (κ1) is 25.8. The van der Waals surface area contributed by atoms with Crippen molar-refractivity contribution in [2.75, 3.05) is 6.61 Å². The van der Waals surface area contributed by atoms with Crippen LogP contribution in [0.15, 0.2) is 94.0 Å². The van der Waals surface area contributed by atoms with Gasteiger partial charge < -0.3 is 15.2 Å². The highest BCUT2D eigenvalue weighted by Crippen LogP contribution is 2.42. The van der Waals surface area contributed by atoms with Gasteiger partial charge >= 0.3 is 5.97 Å². The molecule has 0 amide bonds. The summed E-state index contributed by atoms with van der Waals surface area (Å²) in [5.74, 6) is -1.07. The largest absolute Gasteiger partial charge is 0.462 e. The number of para-hydroxylation sites is 1. The Labute approximate surface area is 232 Å². The van der Waals surface area contributed by atoms with Crippen molar-refractivity contribution in [3.8, 4) is 17.3 Å². The smallest absolute Gasteiger partial charge is 0.340 e. The fraction of sp³-hybridized carbons (Fsp3) is 0.133. The number of ether oxygens (including phenoxy) is 2. The second kappa shape index (κ2) is 9.94. The van der Waals surface area contributed by atoms with Crippen molar-refractivity contribution < 1.29 is 18.7 Å². The normalized spacial score (nSPS) is 14.4. The summed E-state index contributed by atoms with van der Waals surface area (Å²) >= 11 is 0. The fourth-order valence-electron chi connectivity index (χ4n) is 5.10. The third-order valence-corrected chi connectivity index (χ3v) is 6.89. The molecule has 0 saturated heterocycles. The molecular formula is C30H24FN5O5. The molecule has 3 aromatic carbocycles. The Kier molecular flexibility index (Phi) is 6.26. The van der Waals surface area contributed by atoms with Crippen molar-refractivity contribution in [3.05, 3.63) is 122 Å². The van der Waals surface area contributed by atoms with Crippen molar-refractivity contribution in [3.63, 3.8) is 0 Å². The van der Waals surface area contributed by atoms with Crippen molar-refractivity contribution >= 4 is 22.6 Å². The van der Waals surface area contributed by atoms with Gasteiger partial charge in [-0.15, -0.1) is 0 Å². The van der Waals surface area contributed by atoms with Crippen LogP contribution in [0.5, 0.6) is 11.6 Å². The number of benzene rings is 3. The summed E-state index contributed by atoms with van der Waals surface area (Å²) in [5.41, 5.74) is 6.55. The average molecular weight is 554 g/mol. The van der Waals surface area contributed by atoms with Crippen LogP contribution in [0, 0.1) is 12.7 Å². The van der Waals surface area contributed by atoms with E-state index in [1.807, 2.05) is 18.2 Å². The summed E-state index contributed by atoms with van der Waals surface area (Å²) in [4.78, 5) is 41.1. The summed E-state index contributed by atoms with van der Waals surface area (Å²) in [7, 11) is 0. The quantitative estimate of drug-likeness (QED) is 0.317. The molecule has 6 rings (SSSR count). The molecule has 0 fully saturated rings. The molecule has 1 aliphatic rings. The van der Waals surface area contributed by atoms with Crippen LogP contribution < -0.4 is 21.6 Å². The summed E-state index contributed by atoms with van der Waals surface area (Å²) in [6, 6.07) is 19.6. The molecule has 0 aliphatic carbocycles. The van der Waals surface area contributed by atoms with Crippen LogP contribution in [0.3, 0.4) is 0 Å². The highest BCUT2D eigenvalue weighted by atomic mass is 19.1. The van der Waals surface area contributed by atoms with Gasteiger partial charge in [0.05, 0.1) is 34.3 Å². The molecule has 2 aromatic heterocycles. The zero-order valence-electron chi connectivity index (χ0n) is 22.1. The molecule has 0 spiro atoms. The van der Waals surface area contributed by atoms with Crippen molar-refractivity contribution in [1.82, 2.24) is 19.1 Å². The lowest BCUT2D eigenvalue weighted by molar-refractivity contribution is -0.138. The molecule has 1 unspecified atom stereocenters. The molecule has 0 bridgehead atoms. The van der Waals surface area contributed by atoms with Crippen LogP contribution >= 0.6 is 0 Å². The topological polar surface area (TPSA) is 123 Å². The third kappa shape index (κ3) is 4.09. The van der Waals surface area contributed by atoms with Crippen LogP contribution in [-0.2, 0) is 9.53 Å². The molecule has 10 nitrogen and oxygen atoms in total. The Hall–Kier alpha value is -5.45. The van der Waals surface area contributed by atoms with E-state index >= 15 is 0 Å². The fourth-order valence-corrected chi connectivity index (χ4v) is 5.10. The third-order valence-electron chi connectivity index (χ3n) is 6.89. The average Bonchev–Trinajstić information content (AvgIpc) is 3.46. The van der Waals surface area contributed by atoms with Crippen molar-refractivity contribution in [1.29, 1.82) is 0 Å². The maximum Gasteiger partial charge on any atom is 0.340 e. The number of aryl methyl sites for hydroxylation is 1. The summed E-state index contributed by atoms with van der Waals surface area (Å²) in [6.07, 6.45) is 0. The molecule has 2 N–H and O–H groups in total. The van der Waals surface area contributed by atoms with Gasteiger partial charge in [0.15, 0.2) is 0 Å². The number of carbonyl (C=O) groups is 1. The number of hydrogen-bond acceptors (Lipinski definition) is 7. The number of aromatic nitrogens is 4. The maximum absolute atomic E-state index is 14.0. The highest BCUT2D eigenvalue weighted by molar-refractivity contribution is 5.97. The van der Waals surface area contributed by atoms with E-state index in [-0.39, 0.29) is 40.4 Å². The SMILES string of the molecule is CCOC(=O)C1=C(N)n2c(=O)c3ccccc3c(=O)n2C1c1c(C)nn(-c2ccccc2)c1Oc1ccc(F)cc1. The lowest BCUT2D eigenvalue weighted by Gasteiger charge is -2.19. The number of nitrogens with zero attached hydrogens (tertiary/aromatic N) is 4. The Balaban J connectivity index is 1.69. The predicted molar refractivity (Wildman–Crippen MR) is 149 cm³/mol. The van der Waals surface area contributed by atoms with Crippen molar-refractivity contribution in [2.45, 2.75) is 19.9 Å². The molecule has 3 heterocycles. The van der Waals surface area contributed by atoms with Crippen LogP contribution in [-0.4, -0.2) is 31.7 Å². The van der Waals surface area contributed by atoms with Gasteiger partial charge in [0.2, 0.25) is 5.88 Å². The minimum absolute atomic E-state index is 0.0334. The highest BCUT2D eigenvalue weighted by Gasteiger charge is 2.43. The molecule has 0 radical (unpaired) electrons. The van der Waals surface area contributed by atoms with E-state index < -0.39 is 28.9 Å². The van der Waals surface area contributed by atoms with E-state index in [1.54, 1.807) is 44.2 Å². The molecule has 0 saturated carbocycles. The van der Waals surface area contributed by atoms with Gasteiger partial charge in [-0.2, -0.15) is 9.78 Å². The standard InChI is InChI=1S/C30H24FN5O5/c1-3-40-30(39)24-25(35-27(37)21-11-7-8-12-22(21)28(38)36(35)26(24)32)23-17(2)33-34(19-9-5-4-6-10-19)29(23)41-20-15-13-18(31)14-16-20/h4-16,25H,3,32H2,1-2H3. The van der Waals surface area contributed by atoms with E-state index in [9.17, 15) is 18.8 Å². The van der Waals surface area contributed by atoms with Gasteiger partial charge in [0.25, 0.3) is 11.1 Å². The van der Waals surface area contributed by atoms with Gasteiger partial charge in [-0.25, -0.2) is 18.5 Å². The molecule has 5 aromatic rings. The number of carbonyl (C=O) groups excluding carboxylic acids is 1. The first-order valence-corrected chi connectivity index (χ1v) is 12.8. The van der Waals surface area contributed by atoms with Crippen LogP contribution in [0.2, 0.25) is 0 Å². The van der Waals surface area contributed by atoms with Gasteiger partial charge in [-0.1, -0.05) is 30.3 Å². The number of rotatable bonds is 6. The lowest BCUT2D eigenvalue weighted by atomic mass is 9.99. The van der Waals surface area contributed by atoms with E-state index in [0.717, 1.165) is 9.36 Å². The van der Waals surface area contributed by atoms with E-state index in [2.05, 4.69) is 0 Å². The van der Waals surface area contributed by atoms with E-state index in [0.29, 0.717) is 16.9 Å². The number of nitrogens with two attached hydrogens (primary N) is 1. The van der Waals surface area contributed by atoms with Gasteiger partial charge in [0, 0.05) is 0 Å². The summed E-state index contributed by atoms with van der Waals surface area (Å²) < 4.78 is 29.0. The molecular weight excluding hydrogens is 529 g/mol. The van der Waals surface area contributed by atoms with Crippen LogP contribution in [0.1, 0.15) is 24.2 Å². The van der Waals surface area contributed by atoms with Crippen molar-refractivity contribution in [2.24, 2.45) is 5.73 Å². The predicted octanol–water partition coefficient (Wildman–Crippen LogP) is 3.88. The first-order chi connectivity index (χ1) is 19.8. The number of halogens is 1.